The Morgan fingerprint density at radius 2 is 1.91 bits per heavy atom. The van der Waals surface area contributed by atoms with Gasteiger partial charge in [-0.15, -0.1) is 0 Å². The standard InChI is InChI=1S/C18H22N2O3/c1-22-16-7-6-15(13-4-2-3-5-14(13)16)17(21)20-12-18(19)8-10-23-11-9-18/h2-7H,8-12,19H2,1H3,(H,20,21). The molecular weight excluding hydrogens is 292 g/mol. The molecule has 122 valence electrons. The van der Waals surface area contributed by atoms with Gasteiger partial charge in [0.05, 0.1) is 7.11 Å². The van der Waals surface area contributed by atoms with E-state index in [9.17, 15) is 4.79 Å². The third-order valence-corrected chi connectivity index (χ3v) is 4.44. The minimum Gasteiger partial charge on any atom is -0.496 e. The van der Waals surface area contributed by atoms with Crippen molar-refractivity contribution in [2.45, 2.75) is 18.4 Å². The number of carbonyl (C=O) groups is 1. The van der Waals surface area contributed by atoms with Gasteiger partial charge in [-0.2, -0.15) is 0 Å². The summed E-state index contributed by atoms with van der Waals surface area (Å²) in [5, 5.41) is 4.78. The van der Waals surface area contributed by atoms with Gasteiger partial charge in [-0.1, -0.05) is 24.3 Å². The first-order valence-electron chi connectivity index (χ1n) is 7.83. The van der Waals surface area contributed by atoms with Gasteiger partial charge in [-0.05, 0) is 30.4 Å². The molecule has 2 aromatic rings. The highest BCUT2D eigenvalue weighted by Crippen LogP contribution is 2.28. The Balaban J connectivity index is 1.81. The number of hydrogen-bond acceptors (Lipinski definition) is 4. The van der Waals surface area contributed by atoms with Crippen LogP contribution < -0.4 is 15.8 Å². The molecule has 0 unspecified atom stereocenters. The molecular formula is C18H22N2O3. The van der Waals surface area contributed by atoms with Crippen LogP contribution in [0.2, 0.25) is 0 Å². The van der Waals surface area contributed by atoms with Gasteiger partial charge in [-0.3, -0.25) is 4.79 Å². The summed E-state index contributed by atoms with van der Waals surface area (Å²) < 4.78 is 10.7. The van der Waals surface area contributed by atoms with Gasteiger partial charge in [-0.25, -0.2) is 0 Å². The first kappa shape index (κ1) is 15.8. The van der Waals surface area contributed by atoms with E-state index in [-0.39, 0.29) is 11.4 Å². The van der Waals surface area contributed by atoms with Gasteiger partial charge < -0.3 is 20.5 Å². The summed E-state index contributed by atoms with van der Waals surface area (Å²) in [7, 11) is 1.63. The second-order valence-electron chi connectivity index (χ2n) is 6.02. The van der Waals surface area contributed by atoms with Crippen LogP contribution in [0.1, 0.15) is 23.2 Å². The van der Waals surface area contributed by atoms with Gasteiger partial charge in [0.2, 0.25) is 0 Å². The lowest BCUT2D eigenvalue weighted by atomic mass is 9.91. The highest BCUT2D eigenvalue weighted by molar-refractivity contribution is 6.08. The molecule has 1 saturated heterocycles. The largest absolute Gasteiger partial charge is 0.496 e. The molecule has 0 aliphatic carbocycles. The van der Waals surface area contributed by atoms with E-state index >= 15 is 0 Å². The van der Waals surface area contributed by atoms with Gasteiger partial charge in [0.25, 0.3) is 5.91 Å². The number of hydrogen-bond donors (Lipinski definition) is 2. The summed E-state index contributed by atoms with van der Waals surface area (Å²) in [6, 6.07) is 11.4. The van der Waals surface area contributed by atoms with E-state index in [1.807, 2.05) is 30.3 Å². The van der Waals surface area contributed by atoms with Crippen molar-refractivity contribution in [3.05, 3.63) is 42.0 Å². The van der Waals surface area contributed by atoms with E-state index in [4.69, 9.17) is 15.2 Å². The summed E-state index contributed by atoms with van der Waals surface area (Å²) in [6.45, 7) is 1.76. The fraction of sp³-hybridized carbons (Fsp3) is 0.389. The van der Waals surface area contributed by atoms with Crippen molar-refractivity contribution < 1.29 is 14.3 Å². The summed E-state index contributed by atoms with van der Waals surface area (Å²) in [5.74, 6) is 0.650. The molecule has 3 rings (SSSR count). The molecule has 1 fully saturated rings. The second kappa shape index (κ2) is 6.56. The molecule has 0 aromatic heterocycles. The Morgan fingerprint density at radius 1 is 1.22 bits per heavy atom. The third-order valence-electron chi connectivity index (χ3n) is 4.44. The van der Waals surface area contributed by atoms with E-state index in [1.54, 1.807) is 13.2 Å². The number of carbonyl (C=O) groups excluding carboxylic acids is 1. The monoisotopic (exact) mass is 314 g/mol. The molecule has 0 spiro atoms. The maximum atomic E-state index is 12.6. The van der Waals surface area contributed by atoms with Gasteiger partial charge >= 0.3 is 0 Å². The number of ether oxygens (including phenoxy) is 2. The van der Waals surface area contributed by atoms with Crippen molar-refractivity contribution in [1.29, 1.82) is 0 Å². The Hall–Kier alpha value is -2.11. The van der Waals surface area contributed by atoms with Crippen LogP contribution in [0, 0.1) is 0 Å². The zero-order valence-corrected chi connectivity index (χ0v) is 13.3. The van der Waals surface area contributed by atoms with Crippen LogP contribution in [0.3, 0.4) is 0 Å². The Kier molecular flexibility index (Phi) is 4.50. The molecule has 2 aromatic carbocycles. The number of amides is 1. The lowest BCUT2D eigenvalue weighted by Crippen LogP contribution is -2.53. The molecule has 23 heavy (non-hydrogen) atoms. The fourth-order valence-corrected chi connectivity index (χ4v) is 2.95. The van der Waals surface area contributed by atoms with Crippen LogP contribution in [-0.2, 0) is 4.74 Å². The Labute approximate surface area is 135 Å². The Bertz CT molecular complexity index is 708. The highest BCUT2D eigenvalue weighted by Gasteiger charge is 2.28. The first-order chi connectivity index (χ1) is 11.1. The number of fused-ring (bicyclic) bond motifs is 1. The third kappa shape index (κ3) is 3.30. The van der Waals surface area contributed by atoms with Crippen molar-refractivity contribution in [2.75, 3.05) is 26.9 Å². The topological polar surface area (TPSA) is 73.6 Å². The van der Waals surface area contributed by atoms with E-state index in [0.29, 0.717) is 25.3 Å². The first-order valence-corrected chi connectivity index (χ1v) is 7.83. The minimum absolute atomic E-state index is 0.111. The van der Waals surface area contributed by atoms with Gasteiger partial charge in [0, 0.05) is 36.2 Å². The molecule has 1 aliphatic heterocycles. The lowest BCUT2D eigenvalue weighted by Gasteiger charge is -2.33. The lowest BCUT2D eigenvalue weighted by molar-refractivity contribution is 0.0518. The maximum Gasteiger partial charge on any atom is 0.251 e. The van der Waals surface area contributed by atoms with Crippen LogP contribution in [0.5, 0.6) is 5.75 Å². The molecule has 5 nitrogen and oxygen atoms in total. The van der Waals surface area contributed by atoms with Crippen LogP contribution in [-0.4, -0.2) is 38.3 Å². The van der Waals surface area contributed by atoms with Crippen molar-refractivity contribution in [1.82, 2.24) is 5.32 Å². The summed E-state index contributed by atoms with van der Waals surface area (Å²) in [4.78, 5) is 12.6. The van der Waals surface area contributed by atoms with Crippen molar-refractivity contribution in [3.8, 4) is 5.75 Å². The number of nitrogens with two attached hydrogens (primary N) is 1. The molecule has 0 radical (unpaired) electrons. The van der Waals surface area contributed by atoms with Crippen molar-refractivity contribution in [3.63, 3.8) is 0 Å². The van der Waals surface area contributed by atoms with E-state index in [0.717, 1.165) is 29.4 Å². The quantitative estimate of drug-likeness (QED) is 0.906. The van der Waals surface area contributed by atoms with Crippen LogP contribution >= 0.6 is 0 Å². The zero-order chi connectivity index (χ0) is 16.3. The average Bonchev–Trinajstić information content (AvgIpc) is 2.59. The normalized spacial score (nSPS) is 17.0. The molecule has 5 heteroatoms. The van der Waals surface area contributed by atoms with Crippen LogP contribution in [0.25, 0.3) is 10.8 Å². The van der Waals surface area contributed by atoms with Crippen molar-refractivity contribution >= 4 is 16.7 Å². The highest BCUT2D eigenvalue weighted by atomic mass is 16.5. The molecule has 3 N–H and O–H groups in total. The summed E-state index contributed by atoms with van der Waals surface area (Å²) in [5.41, 5.74) is 6.59. The molecule has 1 heterocycles. The predicted molar refractivity (Wildman–Crippen MR) is 89.8 cm³/mol. The number of benzene rings is 2. The van der Waals surface area contributed by atoms with E-state index in [2.05, 4.69) is 5.32 Å². The van der Waals surface area contributed by atoms with Crippen LogP contribution in [0.15, 0.2) is 36.4 Å². The number of nitrogens with one attached hydrogen (secondary N) is 1. The van der Waals surface area contributed by atoms with E-state index < -0.39 is 0 Å². The molecule has 0 atom stereocenters. The minimum atomic E-state index is -0.379. The van der Waals surface area contributed by atoms with Gasteiger partial charge in [0.15, 0.2) is 0 Å². The van der Waals surface area contributed by atoms with Gasteiger partial charge in [0.1, 0.15) is 5.75 Å². The van der Waals surface area contributed by atoms with E-state index in [1.165, 1.54) is 0 Å². The summed E-state index contributed by atoms with van der Waals surface area (Å²) in [6.07, 6.45) is 1.52. The zero-order valence-electron chi connectivity index (χ0n) is 13.3. The average molecular weight is 314 g/mol. The molecule has 1 aliphatic rings. The maximum absolute atomic E-state index is 12.6. The van der Waals surface area contributed by atoms with Crippen molar-refractivity contribution in [2.24, 2.45) is 5.73 Å². The second-order valence-corrected chi connectivity index (χ2v) is 6.02. The molecule has 0 saturated carbocycles. The van der Waals surface area contributed by atoms with Crippen LogP contribution in [0.4, 0.5) is 0 Å². The number of methoxy groups -OCH3 is 1. The molecule has 0 bridgehead atoms. The Morgan fingerprint density at radius 3 is 2.61 bits per heavy atom. The predicted octanol–water partition coefficient (Wildman–Crippen LogP) is 2.09. The number of rotatable bonds is 4. The molecule has 1 amide bonds. The fourth-order valence-electron chi connectivity index (χ4n) is 2.95. The smallest absolute Gasteiger partial charge is 0.251 e. The SMILES string of the molecule is COc1ccc(C(=O)NCC2(N)CCOCC2)c2ccccc12. The summed E-state index contributed by atoms with van der Waals surface area (Å²) >= 11 is 0.